The fraction of sp³-hybridized carbons (Fsp3) is 0.227. The van der Waals surface area contributed by atoms with Crippen LogP contribution in [0.4, 0.5) is 16.2 Å². The van der Waals surface area contributed by atoms with Gasteiger partial charge in [0.2, 0.25) is 0 Å². The normalized spacial score (nSPS) is 15.8. The molecule has 3 aromatic rings. The Labute approximate surface area is 168 Å². The summed E-state index contributed by atoms with van der Waals surface area (Å²) in [4.78, 5) is 29.0. The number of rotatable bonds is 5. The van der Waals surface area contributed by atoms with Gasteiger partial charge >= 0.3 is 6.03 Å². The standard InChI is InChI=1S/C22H22N4O3/c27-21(19-7-1-4-15-5-2-12-23-20(15)19)25-16-8-10-17(11-9-16)26-22(28)24-14-18-6-3-13-29-18/h1-2,4-5,7-12,18H,3,6,13-14H2,(H,25,27)(H2,24,26,28). The number of nitrogens with one attached hydrogen (secondary N) is 3. The Bertz CT molecular complexity index is 1010. The Morgan fingerprint density at radius 3 is 2.52 bits per heavy atom. The molecule has 4 rings (SSSR count). The minimum absolute atomic E-state index is 0.0990. The molecule has 1 unspecified atom stereocenters. The highest BCUT2D eigenvalue weighted by atomic mass is 16.5. The smallest absolute Gasteiger partial charge is 0.319 e. The highest BCUT2D eigenvalue weighted by Gasteiger charge is 2.16. The van der Waals surface area contributed by atoms with Crippen molar-refractivity contribution in [3.63, 3.8) is 0 Å². The summed E-state index contributed by atoms with van der Waals surface area (Å²) in [6.45, 7) is 1.26. The van der Waals surface area contributed by atoms with E-state index in [0.717, 1.165) is 24.8 Å². The second kappa shape index (κ2) is 8.70. The zero-order valence-corrected chi connectivity index (χ0v) is 15.9. The largest absolute Gasteiger partial charge is 0.376 e. The lowest BCUT2D eigenvalue weighted by Gasteiger charge is -2.12. The third kappa shape index (κ3) is 4.70. The summed E-state index contributed by atoms with van der Waals surface area (Å²) in [5.74, 6) is -0.232. The summed E-state index contributed by atoms with van der Waals surface area (Å²) in [6, 6.07) is 15.9. The fourth-order valence-corrected chi connectivity index (χ4v) is 3.31. The van der Waals surface area contributed by atoms with Gasteiger partial charge in [0.1, 0.15) is 0 Å². The van der Waals surface area contributed by atoms with E-state index in [9.17, 15) is 9.59 Å². The average Bonchev–Trinajstić information content (AvgIpc) is 3.27. The summed E-state index contributed by atoms with van der Waals surface area (Å²) in [6.07, 6.45) is 3.78. The van der Waals surface area contributed by atoms with Crippen molar-refractivity contribution in [2.75, 3.05) is 23.8 Å². The molecule has 2 heterocycles. The first-order valence-electron chi connectivity index (χ1n) is 9.61. The van der Waals surface area contributed by atoms with Crippen LogP contribution >= 0.6 is 0 Å². The van der Waals surface area contributed by atoms with Crippen molar-refractivity contribution in [1.29, 1.82) is 0 Å². The number of amides is 3. The molecular formula is C22H22N4O3. The van der Waals surface area contributed by atoms with Crippen LogP contribution in [0.15, 0.2) is 60.8 Å². The molecule has 0 spiro atoms. The van der Waals surface area contributed by atoms with E-state index in [1.165, 1.54) is 0 Å². The lowest BCUT2D eigenvalue weighted by molar-refractivity contribution is 0.102. The number of nitrogens with zero attached hydrogens (tertiary/aromatic N) is 1. The van der Waals surface area contributed by atoms with E-state index < -0.39 is 0 Å². The number of hydrogen-bond donors (Lipinski definition) is 3. The maximum atomic E-state index is 12.7. The Morgan fingerprint density at radius 2 is 1.76 bits per heavy atom. The molecule has 148 valence electrons. The topological polar surface area (TPSA) is 92.4 Å². The zero-order valence-electron chi connectivity index (χ0n) is 15.9. The quantitative estimate of drug-likeness (QED) is 0.618. The summed E-state index contributed by atoms with van der Waals surface area (Å²) in [5.41, 5.74) is 2.44. The Morgan fingerprint density at radius 1 is 1.00 bits per heavy atom. The molecule has 2 aromatic carbocycles. The van der Waals surface area contributed by atoms with Gasteiger partial charge in [0.25, 0.3) is 5.91 Å². The predicted octanol–water partition coefficient (Wildman–Crippen LogP) is 3.79. The Hall–Kier alpha value is -3.45. The number of pyridine rings is 1. The van der Waals surface area contributed by atoms with Crippen LogP contribution in [0, 0.1) is 0 Å². The molecule has 29 heavy (non-hydrogen) atoms. The maximum Gasteiger partial charge on any atom is 0.319 e. The van der Waals surface area contributed by atoms with Crippen LogP contribution in [-0.4, -0.2) is 36.2 Å². The molecule has 0 radical (unpaired) electrons. The number of fused-ring (bicyclic) bond motifs is 1. The number of anilines is 2. The van der Waals surface area contributed by atoms with Gasteiger partial charge in [-0.15, -0.1) is 0 Å². The molecule has 1 atom stereocenters. The molecule has 0 bridgehead atoms. The van der Waals surface area contributed by atoms with Crippen molar-refractivity contribution < 1.29 is 14.3 Å². The number of aromatic nitrogens is 1. The highest BCUT2D eigenvalue weighted by Crippen LogP contribution is 2.19. The third-order valence-electron chi connectivity index (χ3n) is 4.79. The van der Waals surface area contributed by atoms with Crippen molar-refractivity contribution in [3.05, 3.63) is 66.4 Å². The molecule has 1 aromatic heterocycles. The number of hydrogen-bond acceptors (Lipinski definition) is 4. The number of benzene rings is 2. The lowest BCUT2D eigenvalue weighted by Crippen LogP contribution is -2.35. The van der Waals surface area contributed by atoms with E-state index in [-0.39, 0.29) is 18.0 Å². The van der Waals surface area contributed by atoms with Gasteiger partial charge in [0.15, 0.2) is 0 Å². The average molecular weight is 390 g/mol. The van der Waals surface area contributed by atoms with Gasteiger partial charge in [-0.05, 0) is 49.2 Å². The van der Waals surface area contributed by atoms with Gasteiger partial charge in [-0.1, -0.05) is 18.2 Å². The van der Waals surface area contributed by atoms with Crippen LogP contribution in [0.1, 0.15) is 23.2 Å². The number of para-hydroxylation sites is 1. The molecule has 0 aliphatic carbocycles. The van der Waals surface area contributed by atoms with E-state index in [1.54, 1.807) is 36.5 Å². The van der Waals surface area contributed by atoms with E-state index in [2.05, 4.69) is 20.9 Å². The maximum absolute atomic E-state index is 12.7. The monoisotopic (exact) mass is 390 g/mol. The summed E-state index contributed by atoms with van der Waals surface area (Å²) < 4.78 is 5.48. The van der Waals surface area contributed by atoms with E-state index >= 15 is 0 Å². The van der Waals surface area contributed by atoms with Crippen LogP contribution in [0.25, 0.3) is 10.9 Å². The molecule has 1 aliphatic heterocycles. The first-order valence-corrected chi connectivity index (χ1v) is 9.61. The second-order valence-corrected chi connectivity index (χ2v) is 6.88. The number of carbonyl (C=O) groups is 2. The summed E-state index contributed by atoms with van der Waals surface area (Å²) in [7, 11) is 0. The Kier molecular flexibility index (Phi) is 5.67. The zero-order chi connectivity index (χ0) is 20.1. The van der Waals surface area contributed by atoms with Gasteiger partial charge in [-0.2, -0.15) is 0 Å². The molecule has 0 saturated carbocycles. The van der Waals surface area contributed by atoms with Crippen molar-refractivity contribution in [2.45, 2.75) is 18.9 Å². The van der Waals surface area contributed by atoms with E-state index in [1.807, 2.05) is 24.3 Å². The van der Waals surface area contributed by atoms with Crippen LogP contribution < -0.4 is 16.0 Å². The van der Waals surface area contributed by atoms with Crippen molar-refractivity contribution in [3.8, 4) is 0 Å². The van der Waals surface area contributed by atoms with Crippen molar-refractivity contribution >= 4 is 34.2 Å². The number of ether oxygens (including phenoxy) is 1. The molecule has 3 amide bonds. The summed E-state index contributed by atoms with van der Waals surface area (Å²) >= 11 is 0. The number of carbonyl (C=O) groups excluding carboxylic acids is 2. The highest BCUT2D eigenvalue weighted by molar-refractivity contribution is 6.11. The van der Waals surface area contributed by atoms with Crippen molar-refractivity contribution in [1.82, 2.24) is 10.3 Å². The molecule has 3 N–H and O–H groups in total. The van der Waals surface area contributed by atoms with E-state index in [4.69, 9.17) is 4.74 Å². The van der Waals surface area contributed by atoms with Crippen LogP contribution in [0.2, 0.25) is 0 Å². The molecule has 7 heteroatoms. The van der Waals surface area contributed by atoms with Gasteiger partial charge in [0.05, 0.1) is 17.2 Å². The van der Waals surface area contributed by atoms with Gasteiger partial charge in [-0.25, -0.2) is 4.79 Å². The first kappa shape index (κ1) is 18.9. The van der Waals surface area contributed by atoms with E-state index in [0.29, 0.717) is 29.0 Å². The molecule has 1 saturated heterocycles. The van der Waals surface area contributed by atoms with Gasteiger partial charge < -0.3 is 20.7 Å². The molecular weight excluding hydrogens is 368 g/mol. The molecule has 1 fully saturated rings. The summed E-state index contributed by atoms with van der Waals surface area (Å²) in [5, 5.41) is 9.36. The third-order valence-corrected chi connectivity index (χ3v) is 4.79. The SMILES string of the molecule is O=C(NCC1CCCO1)Nc1ccc(NC(=O)c2cccc3cccnc23)cc1. The predicted molar refractivity (Wildman–Crippen MR) is 112 cm³/mol. The minimum atomic E-state index is -0.279. The van der Waals surface area contributed by atoms with Crippen molar-refractivity contribution in [2.24, 2.45) is 0 Å². The molecule has 7 nitrogen and oxygen atoms in total. The Balaban J connectivity index is 1.35. The fourth-order valence-electron chi connectivity index (χ4n) is 3.31. The lowest BCUT2D eigenvalue weighted by atomic mass is 10.1. The van der Waals surface area contributed by atoms with Gasteiger partial charge in [0, 0.05) is 36.1 Å². The first-order chi connectivity index (χ1) is 14.2. The molecule has 1 aliphatic rings. The van der Waals surface area contributed by atoms with Gasteiger partial charge in [-0.3, -0.25) is 9.78 Å². The minimum Gasteiger partial charge on any atom is -0.376 e. The number of urea groups is 1. The van der Waals surface area contributed by atoms with Crippen LogP contribution in [-0.2, 0) is 4.74 Å². The van der Waals surface area contributed by atoms with Crippen LogP contribution in [0.5, 0.6) is 0 Å². The van der Waals surface area contributed by atoms with Crippen LogP contribution in [0.3, 0.4) is 0 Å². The second-order valence-electron chi connectivity index (χ2n) is 6.88.